The van der Waals surface area contributed by atoms with Gasteiger partial charge in [0, 0.05) is 12.5 Å². The molecule has 1 heterocycles. The maximum atomic E-state index is 13.6. The summed E-state index contributed by atoms with van der Waals surface area (Å²) in [5, 5.41) is 12.9. The Labute approximate surface area is 175 Å². The van der Waals surface area contributed by atoms with Crippen molar-refractivity contribution in [1.82, 2.24) is 20.1 Å². The van der Waals surface area contributed by atoms with Crippen molar-refractivity contribution in [3.05, 3.63) is 48.1 Å². The molecule has 7 nitrogen and oxygen atoms in total. The van der Waals surface area contributed by atoms with E-state index in [-0.39, 0.29) is 0 Å². The maximum Gasteiger partial charge on any atom is 0.243 e. The molecule has 2 N–H and O–H groups in total. The SMILES string of the molecule is C=CCn1c(SC(C)C(=O)NCC(=O)Nc2ccc(F)c(F)c2F)nnc1C1CC1. The molecule has 1 aromatic heterocycles. The molecule has 2 amide bonds. The smallest absolute Gasteiger partial charge is 0.243 e. The van der Waals surface area contributed by atoms with E-state index in [2.05, 4.69) is 27.4 Å². The molecule has 1 saturated carbocycles. The van der Waals surface area contributed by atoms with Crippen molar-refractivity contribution in [1.29, 1.82) is 0 Å². The lowest BCUT2D eigenvalue weighted by molar-refractivity contribution is -0.123. The molecule has 0 aliphatic heterocycles. The molecule has 0 saturated heterocycles. The van der Waals surface area contributed by atoms with Crippen LogP contribution < -0.4 is 10.6 Å². The minimum absolute atomic E-state index is 0.385. The van der Waals surface area contributed by atoms with Crippen molar-refractivity contribution in [2.45, 2.75) is 42.6 Å². The van der Waals surface area contributed by atoms with Gasteiger partial charge in [0.2, 0.25) is 11.8 Å². The normalized spacial score (nSPS) is 14.3. The Morgan fingerprint density at radius 3 is 2.70 bits per heavy atom. The van der Waals surface area contributed by atoms with Gasteiger partial charge in [-0.05, 0) is 31.9 Å². The molecule has 1 aromatic carbocycles. The van der Waals surface area contributed by atoms with E-state index in [4.69, 9.17) is 0 Å². The number of carbonyl (C=O) groups is 2. The van der Waals surface area contributed by atoms with Gasteiger partial charge >= 0.3 is 0 Å². The third kappa shape index (κ3) is 5.02. The molecule has 11 heteroatoms. The van der Waals surface area contributed by atoms with Crippen molar-refractivity contribution in [2.24, 2.45) is 0 Å². The van der Waals surface area contributed by atoms with Gasteiger partial charge in [0.05, 0.1) is 17.5 Å². The maximum absolute atomic E-state index is 13.6. The Hall–Kier alpha value is -2.82. The Kier molecular flexibility index (Phi) is 6.80. The fourth-order valence-corrected chi connectivity index (χ4v) is 3.56. The van der Waals surface area contributed by atoms with Crippen LogP contribution in [0.15, 0.2) is 29.9 Å². The molecule has 1 aliphatic rings. The van der Waals surface area contributed by atoms with Crippen LogP contribution in [0.4, 0.5) is 18.9 Å². The summed E-state index contributed by atoms with van der Waals surface area (Å²) in [5.74, 6) is -4.52. The standard InChI is InChI=1S/C19H20F3N5O2S/c1-3-8-27-17(11-4-5-11)25-26-19(27)30-10(2)18(29)23-9-14(28)24-13-7-6-12(20)15(21)16(13)22/h3,6-7,10-11H,1,4-5,8-9H2,2H3,(H,23,29)(H,24,28). The molecule has 3 rings (SSSR count). The first-order valence-corrected chi connectivity index (χ1v) is 10.1. The number of benzene rings is 1. The zero-order valence-electron chi connectivity index (χ0n) is 16.1. The third-order valence-electron chi connectivity index (χ3n) is 4.38. The summed E-state index contributed by atoms with van der Waals surface area (Å²) in [7, 11) is 0. The molecule has 1 atom stereocenters. The number of amides is 2. The molecule has 30 heavy (non-hydrogen) atoms. The molecule has 1 aliphatic carbocycles. The summed E-state index contributed by atoms with van der Waals surface area (Å²) in [6.45, 7) is 5.44. The van der Waals surface area contributed by atoms with Crippen LogP contribution in [0.1, 0.15) is 31.5 Å². The van der Waals surface area contributed by atoms with Gasteiger partial charge in [0.25, 0.3) is 0 Å². The van der Waals surface area contributed by atoms with E-state index in [9.17, 15) is 22.8 Å². The van der Waals surface area contributed by atoms with E-state index >= 15 is 0 Å². The third-order valence-corrected chi connectivity index (χ3v) is 5.46. The van der Waals surface area contributed by atoms with Gasteiger partial charge in [0.1, 0.15) is 5.82 Å². The van der Waals surface area contributed by atoms with Crippen LogP contribution in [0.3, 0.4) is 0 Å². The van der Waals surface area contributed by atoms with E-state index in [1.54, 1.807) is 13.0 Å². The molecule has 1 fully saturated rings. The second-order valence-electron chi connectivity index (χ2n) is 6.76. The van der Waals surface area contributed by atoms with E-state index in [1.807, 2.05) is 4.57 Å². The highest BCUT2D eigenvalue weighted by molar-refractivity contribution is 8.00. The van der Waals surface area contributed by atoms with Crippen molar-refractivity contribution in [2.75, 3.05) is 11.9 Å². The van der Waals surface area contributed by atoms with Gasteiger partial charge in [0.15, 0.2) is 22.6 Å². The van der Waals surface area contributed by atoms with Gasteiger partial charge in [-0.25, -0.2) is 13.2 Å². The molecule has 0 bridgehead atoms. The van der Waals surface area contributed by atoms with Crippen LogP contribution >= 0.6 is 11.8 Å². The largest absolute Gasteiger partial charge is 0.346 e. The molecule has 160 valence electrons. The summed E-state index contributed by atoms with van der Waals surface area (Å²) in [4.78, 5) is 24.2. The second kappa shape index (κ2) is 9.33. The summed E-state index contributed by atoms with van der Waals surface area (Å²) in [6, 6.07) is 1.59. The molecule has 1 unspecified atom stereocenters. The molecule has 2 aromatic rings. The number of hydrogen-bond donors (Lipinski definition) is 2. The van der Waals surface area contributed by atoms with Crippen LogP contribution in [-0.4, -0.2) is 38.4 Å². The van der Waals surface area contributed by atoms with E-state index in [0.717, 1.165) is 24.7 Å². The van der Waals surface area contributed by atoms with Gasteiger partial charge < -0.3 is 15.2 Å². The molecular formula is C19H20F3N5O2S. The quantitative estimate of drug-likeness (QED) is 0.356. The van der Waals surface area contributed by atoms with Crippen molar-refractivity contribution in [3.63, 3.8) is 0 Å². The van der Waals surface area contributed by atoms with Crippen LogP contribution in [0, 0.1) is 17.5 Å². The number of thioether (sulfide) groups is 1. The van der Waals surface area contributed by atoms with Crippen molar-refractivity contribution in [3.8, 4) is 0 Å². The predicted molar refractivity (Wildman–Crippen MR) is 105 cm³/mol. The van der Waals surface area contributed by atoms with Gasteiger partial charge in [-0.15, -0.1) is 16.8 Å². The summed E-state index contributed by atoms with van der Waals surface area (Å²) in [6.07, 6.45) is 3.85. The zero-order valence-corrected chi connectivity index (χ0v) is 16.9. The lowest BCUT2D eigenvalue weighted by Gasteiger charge is -2.13. The number of nitrogens with one attached hydrogen (secondary N) is 2. The average Bonchev–Trinajstić information content (AvgIpc) is 3.49. The monoisotopic (exact) mass is 439 g/mol. The summed E-state index contributed by atoms with van der Waals surface area (Å²) in [5.41, 5.74) is -0.513. The highest BCUT2D eigenvalue weighted by atomic mass is 32.2. The fourth-order valence-electron chi connectivity index (χ4n) is 2.67. The van der Waals surface area contributed by atoms with E-state index < -0.39 is 46.7 Å². The Morgan fingerprint density at radius 2 is 2.03 bits per heavy atom. The zero-order chi connectivity index (χ0) is 21.8. The number of aromatic nitrogens is 3. The number of anilines is 1. The molecule has 0 radical (unpaired) electrons. The van der Waals surface area contributed by atoms with E-state index in [0.29, 0.717) is 23.7 Å². The Balaban J connectivity index is 1.54. The first-order valence-electron chi connectivity index (χ1n) is 9.23. The second-order valence-corrected chi connectivity index (χ2v) is 8.07. The highest BCUT2D eigenvalue weighted by Gasteiger charge is 2.31. The van der Waals surface area contributed by atoms with Crippen molar-refractivity contribution < 1.29 is 22.8 Å². The Bertz CT molecular complexity index is 977. The number of nitrogens with zero attached hydrogens (tertiary/aromatic N) is 3. The van der Waals surface area contributed by atoms with Crippen molar-refractivity contribution >= 4 is 29.3 Å². The van der Waals surface area contributed by atoms with Crippen LogP contribution in [0.25, 0.3) is 0 Å². The van der Waals surface area contributed by atoms with Crippen LogP contribution in [0.2, 0.25) is 0 Å². The van der Waals surface area contributed by atoms with E-state index in [1.165, 1.54) is 11.8 Å². The minimum Gasteiger partial charge on any atom is -0.346 e. The predicted octanol–water partition coefficient (Wildman–Crippen LogP) is 2.99. The minimum atomic E-state index is -1.68. The number of carbonyl (C=O) groups excluding carboxylic acids is 2. The lowest BCUT2D eigenvalue weighted by atomic mass is 10.2. The highest BCUT2D eigenvalue weighted by Crippen LogP contribution is 2.40. The van der Waals surface area contributed by atoms with Crippen LogP contribution in [0.5, 0.6) is 0 Å². The number of halogens is 3. The number of rotatable bonds is 9. The average molecular weight is 439 g/mol. The number of allylic oxidation sites excluding steroid dienone is 1. The molecule has 0 spiro atoms. The first-order chi connectivity index (χ1) is 14.3. The fraction of sp³-hybridized carbons (Fsp3) is 0.368. The Morgan fingerprint density at radius 1 is 1.30 bits per heavy atom. The van der Waals surface area contributed by atoms with Gasteiger partial charge in [-0.3, -0.25) is 9.59 Å². The number of hydrogen-bond acceptors (Lipinski definition) is 5. The van der Waals surface area contributed by atoms with Gasteiger partial charge in [-0.1, -0.05) is 17.8 Å². The first kappa shape index (κ1) is 21.9. The summed E-state index contributed by atoms with van der Waals surface area (Å²) < 4.78 is 41.7. The van der Waals surface area contributed by atoms with Gasteiger partial charge in [-0.2, -0.15) is 0 Å². The topological polar surface area (TPSA) is 88.9 Å². The lowest BCUT2D eigenvalue weighted by Crippen LogP contribution is -2.37. The summed E-state index contributed by atoms with van der Waals surface area (Å²) >= 11 is 1.19. The van der Waals surface area contributed by atoms with Crippen LogP contribution in [-0.2, 0) is 16.1 Å². The molecular weight excluding hydrogens is 419 g/mol.